The van der Waals surface area contributed by atoms with Gasteiger partial charge in [0.1, 0.15) is 5.75 Å². The number of likely N-dealkylation sites (N-methyl/N-ethyl adjacent to an activating group) is 1. The molecule has 1 N–H and O–H groups in total. The Labute approximate surface area is 259 Å². The Morgan fingerprint density at radius 2 is 1.71 bits per heavy atom. The summed E-state index contributed by atoms with van der Waals surface area (Å²) in [6.45, 7) is 0.365. The molecule has 0 amide bonds. The van der Waals surface area contributed by atoms with Gasteiger partial charge in [-0.1, -0.05) is 42.0 Å². The number of fused-ring (bicyclic) bond motifs is 1. The quantitative estimate of drug-likeness (QED) is 0.195. The van der Waals surface area contributed by atoms with Gasteiger partial charge in [0.15, 0.2) is 0 Å². The van der Waals surface area contributed by atoms with Gasteiger partial charge in [-0.05, 0) is 49.0 Å². The normalized spacial score (nSPS) is 14.2. The first-order valence-corrected chi connectivity index (χ1v) is 15.0. The largest absolute Gasteiger partial charge is 0.573 e. The molecule has 0 radical (unpaired) electrons. The molecule has 3 aromatic rings. The molecule has 0 spiro atoms. The van der Waals surface area contributed by atoms with E-state index in [9.17, 15) is 39.6 Å². The maximum atomic E-state index is 13.8. The van der Waals surface area contributed by atoms with Crippen molar-refractivity contribution in [3.8, 4) is 5.75 Å². The van der Waals surface area contributed by atoms with Gasteiger partial charge in [-0.2, -0.15) is 13.2 Å². The van der Waals surface area contributed by atoms with Crippen LogP contribution in [0.15, 0.2) is 65.6 Å². The number of aliphatic carboxylic acids is 1. The number of carboxylic acids is 1. The summed E-state index contributed by atoms with van der Waals surface area (Å²) in [5, 5.41) is 8.91. The molecule has 0 bridgehead atoms. The summed E-state index contributed by atoms with van der Waals surface area (Å²) in [7, 11) is -2.86. The highest BCUT2D eigenvalue weighted by atomic mass is 35.5. The summed E-state index contributed by atoms with van der Waals surface area (Å²) in [5.41, 5.74) is -0.436. The third kappa shape index (κ3) is 8.41. The minimum Gasteiger partial charge on any atom is -0.480 e. The molecule has 1 aliphatic rings. The zero-order valence-corrected chi connectivity index (χ0v) is 25.0. The van der Waals surface area contributed by atoms with Crippen molar-refractivity contribution >= 4 is 51.1 Å². The zero-order valence-electron chi connectivity index (χ0n) is 23.4. The molecule has 242 valence electrons. The topological polar surface area (TPSA) is 90.4 Å². The van der Waals surface area contributed by atoms with Crippen molar-refractivity contribution < 1.29 is 49.4 Å². The molecular formula is C29H26ClF6N3O5S. The lowest BCUT2D eigenvalue weighted by atomic mass is 10.0. The number of carbonyl (C=O) groups is 1. The second kappa shape index (κ2) is 13.2. The fourth-order valence-corrected chi connectivity index (χ4v) is 6.47. The molecule has 16 heteroatoms. The van der Waals surface area contributed by atoms with E-state index in [0.29, 0.717) is 24.3 Å². The molecule has 45 heavy (non-hydrogen) atoms. The van der Waals surface area contributed by atoms with E-state index in [2.05, 4.69) is 4.74 Å². The van der Waals surface area contributed by atoms with Gasteiger partial charge in [-0.15, -0.1) is 13.2 Å². The smallest absolute Gasteiger partial charge is 0.480 e. The van der Waals surface area contributed by atoms with Crippen LogP contribution in [-0.4, -0.2) is 70.5 Å². The number of alkyl halides is 6. The molecule has 0 fully saturated rings. The number of halogens is 7. The summed E-state index contributed by atoms with van der Waals surface area (Å²) >= 11 is 6.06. The number of carboxylic acid groups (broad SMARTS) is 1. The predicted octanol–water partition coefficient (Wildman–Crippen LogP) is 6.46. The van der Waals surface area contributed by atoms with Gasteiger partial charge in [0, 0.05) is 36.3 Å². The molecule has 1 aliphatic heterocycles. The molecule has 0 saturated heterocycles. The number of anilines is 2. The molecule has 3 aromatic carbocycles. The summed E-state index contributed by atoms with van der Waals surface area (Å²) in [4.78, 5) is 14.0. The van der Waals surface area contributed by atoms with Gasteiger partial charge in [-0.3, -0.25) is 14.0 Å². The number of hydrogen-bond donors (Lipinski definition) is 1. The van der Waals surface area contributed by atoms with Crippen LogP contribution in [0.25, 0.3) is 12.2 Å². The summed E-state index contributed by atoms with van der Waals surface area (Å²) < 4.78 is 112. The first-order chi connectivity index (χ1) is 21.0. The Morgan fingerprint density at radius 3 is 2.38 bits per heavy atom. The second-order valence-corrected chi connectivity index (χ2v) is 12.3. The standard InChI is InChI=1S/C29H26ClF6N3O5S/c1-37(18-27(40)41)12-13-38-14-15-39(45(42,43)21-5-2-4-20(17-21)44-29(34,35)36)26-16-19(9-11-25(26)38)8-10-22-23(28(31,32)33)6-3-7-24(22)30/h2-11,16-17H,12-15,18H2,1H3,(H,40,41)/b10-8+. The van der Waals surface area contributed by atoms with Crippen LogP contribution in [0.2, 0.25) is 5.02 Å². The molecule has 0 aromatic heterocycles. The van der Waals surface area contributed by atoms with Crippen LogP contribution in [-0.2, 0) is 21.0 Å². The third-order valence-corrected chi connectivity index (χ3v) is 8.91. The summed E-state index contributed by atoms with van der Waals surface area (Å²) in [5.74, 6) is -1.77. The molecule has 0 unspecified atom stereocenters. The fraction of sp³-hybridized carbons (Fsp3) is 0.276. The van der Waals surface area contributed by atoms with E-state index in [1.165, 1.54) is 24.3 Å². The number of rotatable bonds is 10. The SMILES string of the molecule is CN(CCN1CCN(S(=O)(=O)c2cccc(OC(F)(F)F)c2)c2cc(/C=C/c3c(Cl)cccc3C(F)(F)F)ccc21)CC(=O)O. The highest BCUT2D eigenvalue weighted by molar-refractivity contribution is 7.92. The number of hydrogen-bond acceptors (Lipinski definition) is 6. The third-order valence-electron chi connectivity index (χ3n) is 6.77. The van der Waals surface area contributed by atoms with Crippen molar-refractivity contribution in [1.29, 1.82) is 0 Å². The van der Waals surface area contributed by atoms with Crippen LogP contribution in [0.4, 0.5) is 37.7 Å². The van der Waals surface area contributed by atoms with Crippen LogP contribution in [0, 0.1) is 0 Å². The first-order valence-electron chi connectivity index (χ1n) is 13.2. The van der Waals surface area contributed by atoms with Gasteiger partial charge in [0.25, 0.3) is 10.0 Å². The van der Waals surface area contributed by atoms with Crippen LogP contribution in [0.5, 0.6) is 5.75 Å². The lowest BCUT2D eigenvalue weighted by Crippen LogP contribution is -2.46. The highest BCUT2D eigenvalue weighted by Gasteiger charge is 2.35. The maximum absolute atomic E-state index is 13.8. The van der Waals surface area contributed by atoms with E-state index in [0.717, 1.165) is 40.7 Å². The van der Waals surface area contributed by atoms with Gasteiger partial charge >= 0.3 is 18.5 Å². The van der Waals surface area contributed by atoms with Gasteiger partial charge in [0.05, 0.1) is 34.9 Å². The van der Waals surface area contributed by atoms with Crippen molar-refractivity contribution in [1.82, 2.24) is 4.90 Å². The van der Waals surface area contributed by atoms with E-state index >= 15 is 0 Å². The van der Waals surface area contributed by atoms with Crippen molar-refractivity contribution in [2.24, 2.45) is 0 Å². The number of benzene rings is 3. The molecule has 4 rings (SSSR count). The Hall–Kier alpha value is -3.95. The summed E-state index contributed by atoms with van der Waals surface area (Å²) in [6, 6.07) is 11.8. The van der Waals surface area contributed by atoms with Gasteiger partial charge < -0.3 is 14.7 Å². The molecule has 8 nitrogen and oxygen atoms in total. The number of sulfonamides is 1. The average molecular weight is 678 g/mol. The van der Waals surface area contributed by atoms with Crippen LogP contribution in [0.1, 0.15) is 16.7 Å². The molecule has 0 atom stereocenters. The van der Waals surface area contributed by atoms with Crippen LogP contribution in [0.3, 0.4) is 0 Å². The molecule has 0 aliphatic carbocycles. The van der Waals surface area contributed by atoms with Gasteiger partial charge in [-0.25, -0.2) is 8.42 Å². The fourth-order valence-electron chi connectivity index (χ4n) is 4.74. The van der Waals surface area contributed by atoms with Crippen molar-refractivity contribution in [3.05, 3.63) is 82.4 Å². The maximum Gasteiger partial charge on any atom is 0.573 e. The molecule has 0 saturated carbocycles. The second-order valence-electron chi connectivity index (χ2n) is 10.00. The van der Waals surface area contributed by atoms with E-state index in [1.807, 2.05) is 4.90 Å². The number of ether oxygens (including phenoxy) is 1. The van der Waals surface area contributed by atoms with E-state index < -0.39 is 44.7 Å². The number of nitrogens with zero attached hydrogens (tertiary/aromatic N) is 3. The average Bonchev–Trinajstić information content (AvgIpc) is 2.93. The highest BCUT2D eigenvalue weighted by Crippen LogP contribution is 2.39. The first kappa shape index (κ1) is 33.9. The van der Waals surface area contributed by atoms with Crippen LogP contribution < -0.4 is 13.9 Å². The monoisotopic (exact) mass is 677 g/mol. The lowest BCUT2D eigenvalue weighted by molar-refractivity contribution is -0.274. The minimum absolute atomic E-state index is 0.113. The Morgan fingerprint density at radius 1 is 1.00 bits per heavy atom. The predicted molar refractivity (Wildman–Crippen MR) is 157 cm³/mol. The Bertz CT molecular complexity index is 1700. The Balaban J connectivity index is 1.75. The van der Waals surface area contributed by atoms with E-state index in [4.69, 9.17) is 16.7 Å². The Kier molecular flexibility index (Phi) is 9.94. The summed E-state index contributed by atoms with van der Waals surface area (Å²) in [6.07, 6.45) is -7.25. The van der Waals surface area contributed by atoms with Crippen molar-refractivity contribution in [2.45, 2.75) is 17.4 Å². The molecule has 1 heterocycles. The van der Waals surface area contributed by atoms with E-state index in [-0.39, 0.29) is 35.9 Å². The van der Waals surface area contributed by atoms with Crippen molar-refractivity contribution in [2.75, 3.05) is 49.0 Å². The van der Waals surface area contributed by atoms with Gasteiger partial charge in [0.2, 0.25) is 0 Å². The minimum atomic E-state index is -5.05. The zero-order chi connectivity index (χ0) is 33.2. The van der Waals surface area contributed by atoms with Crippen molar-refractivity contribution in [3.63, 3.8) is 0 Å². The van der Waals surface area contributed by atoms with E-state index in [1.54, 1.807) is 24.1 Å². The molecular weight excluding hydrogens is 652 g/mol. The van der Waals surface area contributed by atoms with Crippen LogP contribution >= 0.6 is 11.6 Å². The lowest BCUT2D eigenvalue weighted by Gasteiger charge is -2.39.